The summed E-state index contributed by atoms with van der Waals surface area (Å²) in [6.07, 6.45) is 1.31. The molecule has 1 amide bonds. The van der Waals surface area contributed by atoms with Crippen LogP contribution >= 0.6 is 11.6 Å². The van der Waals surface area contributed by atoms with Crippen molar-refractivity contribution >= 4 is 33.0 Å². The van der Waals surface area contributed by atoms with Crippen molar-refractivity contribution < 1.29 is 22.0 Å². The highest BCUT2D eigenvalue weighted by molar-refractivity contribution is 7.94. The van der Waals surface area contributed by atoms with Gasteiger partial charge in [0, 0.05) is 16.1 Å². The van der Waals surface area contributed by atoms with Crippen molar-refractivity contribution in [1.29, 1.82) is 0 Å². The number of halogens is 3. The van der Waals surface area contributed by atoms with E-state index in [0.29, 0.717) is 5.02 Å². The third-order valence-electron chi connectivity index (χ3n) is 3.72. The first-order valence-electron chi connectivity index (χ1n) is 7.22. The summed E-state index contributed by atoms with van der Waals surface area (Å²) in [5.41, 5.74) is -0.507. The topological polar surface area (TPSA) is 54.5 Å². The van der Waals surface area contributed by atoms with Gasteiger partial charge in [0.2, 0.25) is 0 Å². The fourth-order valence-corrected chi connectivity index (χ4v) is 4.08. The predicted octanol–water partition coefficient (Wildman–Crippen LogP) is 3.58. The highest BCUT2D eigenvalue weighted by atomic mass is 35.5. The maximum Gasteiger partial charge on any atom is 0.264 e. The zero-order chi connectivity index (χ0) is 18.2. The van der Waals surface area contributed by atoms with Crippen LogP contribution in [0, 0.1) is 11.6 Å². The summed E-state index contributed by atoms with van der Waals surface area (Å²) in [6, 6.07) is 8.25. The molecule has 0 N–H and O–H groups in total. The normalized spacial score (nSPS) is 18.3. The molecule has 0 spiro atoms. The fourth-order valence-electron chi connectivity index (χ4n) is 2.63. The molecule has 1 unspecified atom stereocenters. The quantitative estimate of drug-likeness (QED) is 0.814. The van der Waals surface area contributed by atoms with E-state index < -0.39 is 39.0 Å². The summed E-state index contributed by atoms with van der Waals surface area (Å²) >= 11 is 5.94. The van der Waals surface area contributed by atoms with Gasteiger partial charge in [-0.05, 0) is 36.4 Å². The van der Waals surface area contributed by atoms with E-state index in [1.54, 1.807) is 12.1 Å². The Labute approximate surface area is 148 Å². The Morgan fingerprint density at radius 1 is 1.12 bits per heavy atom. The second-order valence-corrected chi connectivity index (χ2v) is 7.84. The van der Waals surface area contributed by atoms with Crippen molar-refractivity contribution in [2.45, 2.75) is 6.04 Å². The van der Waals surface area contributed by atoms with E-state index in [0.717, 1.165) is 28.5 Å². The van der Waals surface area contributed by atoms with Crippen LogP contribution in [0.15, 0.2) is 53.9 Å². The van der Waals surface area contributed by atoms with E-state index >= 15 is 0 Å². The molecule has 2 aromatic carbocycles. The standard InChI is InChI=1S/C17H12ClF2NO3S/c18-11-3-1-4-12(9-11)21(13-7-8-25(23,24)10-13)17(22)16-14(19)5-2-6-15(16)20/h1-9,13H,10H2. The monoisotopic (exact) mass is 383 g/mol. The van der Waals surface area contributed by atoms with E-state index in [2.05, 4.69) is 0 Å². The third-order valence-corrected chi connectivity index (χ3v) is 5.34. The van der Waals surface area contributed by atoms with Crippen molar-refractivity contribution in [2.24, 2.45) is 0 Å². The average molecular weight is 384 g/mol. The molecule has 0 radical (unpaired) electrons. The van der Waals surface area contributed by atoms with Crippen LogP contribution in [0.4, 0.5) is 14.5 Å². The lowest BCUT2D eigenvalue weighted by Gasteiger charge is -2.28. The molecule has 8 heteroatoms. The highest BCUT2D eigenvalue weighted by Gasteiger charge is 2.34. The number of sulfone groups is 1. The van der Waals surface area contributed by atoms with E-state index in [1.165, 1.54) is 18.2 Å². The highest BCUT2D eigenvalue weighted by Crippen LogP contribution is 2.28. The van der Waals surface area contributed by atoms with Crippen LogP contribution in [0.5, 0.6) is 0 Å². The van der Waals surface area contributed by atoms with Gasteiger partial charge in [-0.1, -0.05) is 23.7 Å². The van der Waals surface area contributed by atoms with Crippen LogP contribution in [0.25, 0.3) is 0 Å². The van der Waals surface area contributed by atoms with Crippen molar-refractivity contribution in [1.82, 2.24) is 0 Å². The molecule has 0 aliphatic carbocycles. The molecule has 0 saturated heterocycles. The molecule has 3 rings (SSSR count). The summed E-state index contributed by atoms with van der Waals surface area (Å²) in [4.78, 5) is 13.9. The number of anilines is 1. The Hall–Kier alpha value is -2.25. The Kier molecular flexibility index (Phi) is 4.62. The van der Waals surface area contributed by atoms with E-state index in [9.17, 15) is 22.0 Å². The molecule has 1 aliphatic heterocycles. The molecule has 130 valence electrons. The summed E-state index contributed by atoms with van der Waals surface area (Å²) in [5.74, 6) is -3.41. The third kappa shape index (κ3) is 3.57. The van der Waals surface area contributed by atoms with E-state index in [4.69, 9.17) is 11.6 Å². The number of amides is 1. The van der Waals surface area contributed by atoms with Crippen LogP contribution in [0.1, 0.15) is 10.4 Å². The molecular formula is C17H12ClF2NO3S. The molecule has 1 aliphatic rings. The molecule has 0 fully saturated rings. The summed E-state index contributed by atoms with van der Waals surface area (Å²) in [6.45, 7) is 0. The molecule has 0 bridgehead atoms. The summed E-state index contributed by atoms with van der Waals surface area (Å²) in [7, 11) is -3.49. The minimum absolute atomic E-state index is 0.243. The largest absolute Gasteiger partial charge is 0.300 e. The second-order valence-electron chi connectivity index (χ2n) is 5.48. The Morgan fingerprint density at radius 3 is 2.32 bits per heavy atom. The van der Waals surface area contributed by atoms with Crippen molar-refractivity contribution in [3.63, 3.8) is 0 Å². The van der Waals surface area contributed by atoms with Crippen LogP contribution in [-0.2, 0) is 9.84 Å². The Balaban J connectivity index is 2.12. The van der Waals surface area contributed by atoms with Gasteiger partial charge >= 0.3 is 0 Å². The minimum atomic E-state index is -3.49. The molecular weight excluding hydrogens is 372 g/mol. The van der Waals surface area contributed by atoms with Gasteiger partial charge in [-0.15, -0.1) is 0 Å². The fraction of sp³-hybridized carbons (Fsp3) is 0.118. The first-order chi connectivity index (χ1) is 11.8. The lowest BCUT2D eigenvalue weighted by Crippen LogP contribution is -2.42. The summed E-state index contributed by atoms with van der Waals surface area (Å²) < 4.78 is 51.6. The molecule has 0 saturated carbocycles. The number of hydrogen-bond acceptors (Lipinski definition) is 3. The van der Waals surface area contributed by atoms with Gasteiger partial charge in [0.05, 0.1) is 11.8 Å². The maximum atomic E-state index is 14.0. The van der Waals surface area contributed by atoms with Crippen molar-refractivity contribution in [2.75, 3.05) is 10.7 Å². The zero-order valence-electron chi connectivity index (χ0n) is 12.7. The van der Waals surface area contributed by atoms with Gasteiger partial charge in [-0.25, -0.2) is 17.2 Å². The smallest absolute Gasteiger partial charge is 0.264 e. The number of rotatable bonds is 3. The van der Waals surface area contributed by atoms with Crippen LogP contribution in [0.3, 0.4) is 0 Å². The van der Waals surface area contributed by atoms with Gasteiger partial charge in [0.25, 0.3) is 5.91 Å². The summed E-state index contributed by atoms with van der Waals surface area (Å²) in [5, 5.41) is 1.29. The number of carbonyl (C=O) groups excluding carboxylic acids is 1. The van der Waals surface area contributed by atoms with E-state index in [1.807, 2.05) is 0 Å². The number of carbonyl (C=O) groups is 1. The molecule has 0 aromatic heterocycles. The van der Waals surface area contributed by atoms with Crippen LogP contribution in [-0.4, -0.2) is 26.1 Å². The first kappa shape index (κ1) is 17.6. The predicted molar refractivity (Wildman–Crippen MR) is 91.3 cm³/mol. The Bertz CT molecular complexity index is 955. The second kappa shape index (κ2) is 6.57. The Morgan fingerprint density at radius 2 is 1.76 bits per heavy atom. The lowest BCUT2D eigenvalue weighted by atomic mass is 10.1. The molecule has 25 heavy (non-hydrogen) atoms. The van der Waals surface area contributed by atoms with Gasteiger partial charge in [-0.2, -0.15) is 0 Å². The number of benzene rings is 2. The van der Waals surface area contributed by atoms with Crippen molar-refractivity contribution in [3.8, 4) is 0 Å². The molecule has 4 nitrogen and oxygen atoms in total. The number of hydrogen-bond donors (Lipinski definition) is 0. The zero-order valence-corrected chi connectivity index (χ0v) is 14.3. The SMILES string of the molecule is O=C(c1c(F)cccc1F)N(c1cccc(Cl)c1)C1C=CS(=O)(=O)C1. The minimum Gasteiger partial charge on any atom is -0.300 e. The average Bonchev–Trinajstić information content (AvgIpc) is 2.87. The lowest BCUT2D eigenvalue weighted by molar-refractivity contribution is 0.0975. The van der Waals surface area contributed by atoms with Gasteiger partial charge in [0.15, 0.2) is 9.84 Å². The van der Waals surface area contributed by atoms with Gasteiger partial charge < -0.3 is 4.90 Å². The van der Waals surface area contributed by atoms with Crippen LogP contribution in [0.2, 0.25) is 5.02 Å². The first-order valence-corrected chi connectivity index (χ1v) is 9.32. The van der Waals surface area contributed by atoms with Crippen molar-refractivity contribution in [3.05, 3.63) is 76.2 Å². The van der Waals surface area contributed by atoms with Gasteiger partial charge in [-0.3, -0.25) is 4.79 Å². The maximum absolute atomic E-state index is 14.0. The molecule has 1 atom stereocenters. The van der Waals surface area contributed by atoms with Gasteiger partial charge in [0.1, 0.15) is 17.2 Å². The molecule has 1 heterocycles. The van der Waals surface area contributed by atoms with E-state index in [-0.39, 0.29) is 11.4 Å². The molecule has 2 aromatic rings. The van der Waals surface area contributed by atoms with Crippen LogP contribution < -0.4 is 4.90 Å². The number of nitrogens with zero attached hydrogens (tertiary/aromatic N) is 1.